The van der Waals surface area contributed by atoms with Crippen molar-refractivity contribution in [1.82, 2.24) is 4.90 Å². The molecular weight excluding hydrogens is 384 g/mol. The first-order chi connectivity index (χ1) is 14.5. The molecule has 0 radical (unpaired) electrons. The summed E-state index contributed by atoms with van der Waals surface area (Å²) in [5.41, 5.74) is 3.20. The van der Waals surface area contributed by atoms with Crippen LogP contribution < -0.4 is 15.4 Å². The van der Waals surface area contributed by atoms with Crippen LogP contribution >= 0.6 is 0 Å². The first-order valence-corrected chi connectivity index (χ1v) is 9.78. The van der Waals surface area contributed by atoms with Crippen LogP contribution in [0.15, 0.2) is 53.7 Å². The van der Waals surface area contributed by atoms with Crippen molar-refractivity contribution in [2.24, 2.45) is 5.16 Å². The third-order valence-electron chi connectivity index (χ3n) is 4.67. The van der Waals surface area contributed by atoms with E-state index in [0.717, 1.165) is 17.0 Å². The maximum atomic E-state index is 12.3. The van der Waals surface area contributed by atoms with Crippen LogP contribution in [0.5, 0.6) is 5.75 Å². The van der Waals surface area contributed by atoms with Gasteiger partial charge in [0.1, 0.15) is 5.75 Å². The van der Waals surface area contributed by atoms with Crippen molar-refractivity contribution < 1.29 is 19.2 Å². The molecule has 1 saturated heterocycles. The number of likely N-dealkylation sites (tertiary alicyclic amines) is 1. The Morgan fingerprint density at radius 2 is 1.80 bits per heavy atom. The van der Waals surface area contributed by atoms with Crippen molar-refractivity contribution in [1.29, 1.82) is 0 Å². The number of oxime groups is 1. The summed E-state index contributed by atoms with van der Waals surface area (Å²) in [6.07, 6.45) is 1.21. The number of para-hydroxylation sites is 1. The molecule has 2 N–H and O–H groups in total. The lowest BCUT2D eigenvalue weighted by atomic mass is 10.1. The fourth-order valence-electron chi connectivity index (χ4n) is 3.07. The summed E-state index contributed by atoms with van der Waals surface area (Å²) in [5, 5.41) is 9.71. The monoisotopic (exact) mass is 410 g/mol. The van der Waals surface area contributed by atoms with Gasteiger partial charge in [0, 0.05) is 31.6 Å². The average molecular weight is 410 g/mol. The highest BCUT2D eigenvalue weighted by Gasteiger charge is 2.20. The standard InChI is InChI=1S/C22H26N4O4/c1-16-8-9-20(29-2)19(14-16)24-21(27)15-30-25-18-10-12-26(13-11-18)22(28)23-17-6-4-3-5-7-17/h3-9,14H,10-13,15H2,1-2H3,(H,23,28)(H,24,27). The minimum absolute atomic E-state index is 0.132. The average Bonchev–Trinajstić information content (AvgIpc) is 2.75. The number of carbonyl (C=O) groups is 2. The third kappa shape index (κ3) is 5.97. The van der Waals surface area contributed by atoms with E-state index in [1.807, 2.05) is 49.4 Å². The van der Waals surface area contributed by atoms with Gasteiger partial charge in [0.15, 0.2) is 6.61 Å². The molecule has 1 heterocycles. The second-order valence-corrected chi connectivity index (χ2v) is 6.97. The number of rotatable bonds is 6. The van der Waals surface area contributed by atoms with Crippen LogP contribution in [0.3, 0.4) is 0 Å². The van der Waals surface area contributed by atoms with E-state index in [0.29, 0.717) is 37.4 Å². The number of piperidine rings is 1. The van der Waals surface area contributed by atoms with Crippen LogP contribution in [0.2, 0.25) is 0 Å². The van der Waals surface area contributed by atoms with E-state index in [1.54, 1.807) is 18.1 Å². The fraction of sp³-hybridized carbons (Fsp3) is 0.318. The number of urea groups is 1. The SMILES string of the molecule is COc1ccc(C)cc1NC(=O)CON=C1CCN(C(=O)Nc2ccccc2)CC1. The second kappa shape index (κ2) is 10.3. The van der Waals surface area contributed by atoms with Crippen LogP contribution in [0.25, 0.3) is 0 Å². The number of amides is 3. The molecule has 1 fully saturated rings. The van der Waals surface area contributed by atoms with Crippen LogP contribution in [-0.4, -0.2) is 49.4 Å². The molecule has 8 nitrogen and oxygen atoms in total. The van der Waals surface area contributed by atoms with Gasteiger partial charge in [0.25, 0.3) is 5.91 Å². The molecule has 0 aliphatic carbocycles. The summed E-state index contributed by atoms with van der Waals surface area (Å²) in [6.45, 7) is 2.84. The highest BCUT2D eigenvalue weighted by molar-refractivity contribution is 5.94. The number of carbonyl (C=O) groups excluding carboxylic acids is 2. The molecule has 30 heavy (non-hydrogen) atoms. The predicted molar refractivity (Wildman–Crippen MR) is 116 cm³/mol. The van der Waals surface area contributed by atoms with E-state index >= 15 is 0 Å². The summed E-state index contributed by atoms with van der Waals surface area (Å²) in [7, 11) is 1.55. The van der Waals surface area contributed by atoms with E-state index in [-0.39, 0.29) is 18.5 Å². The van der Waals surface area contributed by atoms with Gasteiger partial charge in [-0.2, -0.15) is 0 Å². The molecule has 0 aromatic heterocycles. The largest absolute Gasteiger partial charge is 0.495 e. The number of hydrogen-bond donors (Lipinski definition) is 2. The van der Waals surface area contributed by atoms with Gasteiger partial charge >= 0.3 is 6.03 Å². The molecule has 158 valence electrons. The maximum Gasteiger partial charge on any atom is 0.321 e. The summed E-state index contributed by atoms with van der Waals surface area (Å²) in [6, 6.07) is 14.7. The summed E-state index contributed by atoms with van der Waals surface area (Å²) >= 11 is 0. The van der Waals surface area contributed by atoms with Gasteiger partial charge in [-0.15, -0.1) is 0 Å². The molecule has 2 aromatic carbocycles. The Labute approximate surface area is 175 Å². The molecule has 0 saturated carbocycles. The third-order valence-corrected chi connectivity index (χ3v) is 4.67. The zero-order chi connectivity index (χ0) is 21.3. The van der Waals surface area contributed by atoms with Gasteiger partial charge in [0.05, 0.1) is 18.5 Å². The number of anilines is 2. The van der Waals surface area contributed by atoms with Crippen LogP contribution in [0.1, 0.15) is 18.4 Å². The van der Waals surface area contributed by atoms with Gasteiger partial charge in [-0.3, -0.25) is 4.79 Å². The number of hydrogen-bond acceptors (Lipinski definition) is 5. The Bertz CT molecular complexity index is 905. The quantitative estimate of drug-likeness (QED) is 0.711. The zero-order valence-corrected chi connectivity index (χ0v) is 17.2. The van der Waals surface area contributed by atoms with Gasteiger partial charge in [-0.1, -0.05) is 29.4 Å². The molecule has 0 unspecified atom stereocenters. The summed E-state index contributed by atoms with van der Waals surface area (Å²) in [4.78, 5) is 31.4. The van der Waals surface area contributed by atoms with Crippen molar-refractivity contribution in [3.05, 3.63) is 54.1 Å². The van der Waals surface area contributed by atoms with Crippen LogP contribution in [0, 0.1) is 6.92 Å². The summed E-state index contributed by atoms with van der Waals surface area (Å²) in [5.74, 6) is 0.268. The number of benzene rings is 2. The van der Waals surface area contributed by atoms with E-state index in [4.69, 9.17) is 9.57 Å². The van der Waals surface area contributed by atoms with Gasteiger partial charge < -0.3 is 25.1 Å². The number of ether oxygens (including phenoxy) is 1. The molecule has 1 aliphatic rings. The smallest absolute Gasteiger partial charge is 0.321 e. The topological polar surface area (TPSA) is 92.3 Å². The molecule has 2 aromatic rings. The van der Waals surface area contributed by atoms with Crippen LogP contribution in [-0.2, 0) is 9.63 Å². The second-order valence-electron chi connectivity index (χ2n) is 6.97. The highest BCUT2D eigenvalue weighted by atomic mass is 16.6. The number of aryl methyl sites for hydroxylation is 1. The van der Waals surface area contributed by atoms with Crippen molar-refractivity contribution in [2.45, 2.75) is 19.8 Å². The lowest BCUT2D eigenvalue weighted by Gasteiger charge is -2.27. The molecule has 0 bridgehead atoms. The van der Waals surface area contributed by atoms with Crippen molar-refractivity contribution in [3.63, 3.8) is 0 Å². The zero-order valence-electron chi connectivity index (χ0n) is 17.2. The van der Waals surface area contributed by atoms with Crippen molar-refractivity contribution in [3.8, 4) is 5.75 Å². The fourth-order valence-corrected chi connectivity index (χ4v) is 3.07. The first kappa shape index (κ1) is 21.2. The Kier molecular flexibility index (Phi) is 7.26. The Hall–Kier alpha value is -3.55. The van der Waals surface area contributed by atoms with Gasteiger partial charge in [0.2, 0.25) is 0 Å². The number of nitrogens with zero attached hydrogens (tertiary/aromatic N) is 2. The van der Waals surface area contributed by atoms with E-state index in [2.05, 4.69) is 15.8 Å². The van der Waals surface area contributed by atoms with Crippen LogP contribution in [0.4, 0.5) is 16.2 Å². The van der Waals surface area contributed by atoms with Crippen molar-refractivity contribution >= 4 is 29.0 Å². The van der Waals surface area contributed by atoms with Gasteiger partial charge in [-0.25, -0.2) is 4.79 Å². The Morgan fingerprint density at radius 3 is 2.50 bits per heavy atom. The normalized spacial score (nSPS) is 13.4. The molecule has 1 aliphatic heterocycles. The lowest BCUT2D eigenvalue weighted by Crippen LogP contribution is -2.41. The summed E-state index contributed by atoms with van der Waals surface area (Å²) < 4.78 is 5.25. The Balaban J connectivity index is 1.42. The van der Waals surface area contributed by atoms with E-state index in [9.17, 15) is 9.59 Å². The number of methoxy groups -OCH3 is 1. The molecule has 3 amide bonds. The molecule has 0 atom stereocenters. The molecule has 8 heteroatoms. The lowest BCUT2D eigenvalue weighted by molar-refractivity contribution is -0.120. The Morgan fingerprint density at radius 1 is 1.07 bits per heavy atom. The predicted octanol–water partition coefficient (Wildman–Crippen LogP) is 3.64. The molecular formula is C22H26N4O4. The number of nitrogens with one attached hydrogen (secondary N) is 2. The van der Waals surface area contributed by atoms with Gasteiger partial charge in [-0.05, 0) is 36.8 Å². The van der Waals surface area contributed by atoms with E-state index < -0.39 is 0 Å². The minimum Gasteiger partial charge on any atom is -0.495 e. The van der Waals surface area contributed by atoms with E-state index in [1.165, 1.54) is 0 Å². The minimum atomic E-state index is -0.317. The highest BCUT2D eigenvalue weighted by Crippen LogP contribution is 2.25. The molecule has 3 rings (SSSR count). The first-order valence-electron chi connectivity index (χ1n) is 9.78. The van der Waals surface area contributed by atoms with Crippen molar-refractivity contribution in [2.75, 3.05) is 37.4 Å². The molecule has 0 spiro atoms. The maximum absolute atomic E-state index is 12.3.